The number of anilines is 1. The maximum atomic E-state index is 12.4. The lowest BCUT2D eigenvalue weighted by molar-refractivity contribution is 0.0949. The second-order valence-electron chi connectivity index (χ2n) is 6.23. The van der Waals surface area contributed by atoms with Gasteiger partial charge >= 0.3 is 0 Å². The highest BCUT2D eigenvalue weighted by Crippen LogP contribution is 2.27. The van der Waals surface area contributed by atoms with Crippen LogP contribution in [0.4, 0.5) is 5.82 Å². The number of methoxy groups -OCH3 is 2. The molecule has 1 aromatic heterocycles. The third-order valence-corrected chi connectivity index (χ3v) is 4.27. The smallest absolute Gasteiger partial charge is 0.270 e. The van der Waals surface area contributed by atoms with E-state index in [4.69, 9.17) is 9.47 Å². The van der Waals surface area contributed by atoms with Crippen molar-refractivity contribution < 1.29 is 14.3 Å². The number of unbranched alkanes of at least 4 members (excludes halogenated alkanes) is 1. The lowest BCUT2D eigenvalue weighted by atomic mass is 10.1. The van der Waals surface area contributed by atoms with E-state index in [1.165, 1.54) is 6.33 Å². The van der Waals surface area contributed by atoms with Gasteiger partial charge in [-0.2, -0.15) is 0 Å². The van der Waals surface area contributed by atoms with Crippen LogP contribution < -0.4 is 19.7 Å². The van der Waals surface area contributed by atoms with Crippen molar-refractivity contribution in [3.63, 3.8) is 0 Å². The standard InChI is InChI=1S/C20H28N4O3/c1-5-6-11-24(2)19-13-16(22-14-23-19)20(25)21-10-9-15-7-8-17(26-3)18(12-15)27-4/h7-8,12-14H,5-6,9-11H2,1-4H3,(H,21,25). The SMILES string of the molecule is CCCCN(C)c1cc(C(=O)NCCc2ccc(OC)c(OC)c2)ncn1. The number of aromatic nitrogens is 2. The number of rotatable bonds is 10. The third-order valence-electron chi connectivity index (χ3n) is 4.27. The number of hydrogen-bond donors (Lipinski definition) is 1. The second-order valence-corrected chi connectivity index (χ2v) is 6.23. The molecule has 7 nitrogen and oxygen atoms in total. The molecule has 146 valence electrons. The fraction of sp³-hybridized carbons (Fsp3) is 0.450. The highest BCUT2D eigenvalue weighted by atomic mass is 16.5. The molecule has 0 aliphatic carbocycles. The van der Waals surface area contributed by atoms with E-state index in [2.05, 4.69) is 22.2 Å². The number of carbonyl (C=O) groups is 1. The average Bonchev–Trinajstić information content (AvgIpc) is 2.71. The number of hydrogen-bond acceptors (Lipinski definition) is 6. The van der Waals surface area contributed by atoms with E-state index in [1.807, 2.05) is 30.1 Å². The van der Waals surface area contributed by atoms with Crippen LogP contribution in [0.5, 0.6) is 11.5 Å². The number of nitrogens with one attached hydrogen (secondary N) is 1. The van der Waals surface area contributed by atoms with Gasteiger partial charge in [0.2, 0.25) is 0 Å². The summed E-state index contributed by atoms with van der Waals surface area (Å²) >= 11 is 0. The molecule has 2 aromatic rings. The van der Waals surface area contributed by atoms with E-state index in [-0.39, 0.29) is 5.91 Å². The molecule has 1 heterocycles. The zero-order chi connectivity index (χ0) is 19.6. The summed E-state index contributed by atoms with van der Waals surface area (Å²) in [6.45, 7) is 3.54. The molecular weight excluding hydrogens is 344 g/mol. The minimum Gasteiger partial charge on any atom is -0.493 e. The summed E-state index contributed by atoms with van der Waals surface area (Å²) in [6, 6.07) is 7.45. The van der Waals surface area contributed by atoms with Gasteiger partial charge in [-0.15, -0.1) is 0 Å². The van der Waals surface area contributed by atoms with Crippen LogP contribution in [0.25, 0.3) is 0 Å². The summed E-state index contributed by atoms with van der Waals surface area (Å²) in [6.07, 6.45) is 4.30. The van der Waals surface area contributed by atoms with Crippen LogP contribution in [0.3, 0.4) is 0 Å². The van der Waals surface area contributed by atoms with Gasteiger partial charge in [-0.05, 0) is 30.5 Å². The van der Waals surface area contributed by atoms with Gasteiger partial charge in [0.05, 0.1) is 14.2 Å². The Hall–Kier alpha value is -2.83. The summed E-state index contributed by atoms with van der Waals surface area (Å²) in [5, 5.41) is 2.90. The Balaban J connectivity index is 1.92. The number of amides is 1. The van der Waals surface area contributed by atoms with E-state index in [1.54, 1.807) is 20.3 Å². The summed E-state index contributed by atoms with van der Waals surface area (Å²) in [5.74, 6) is 1.91. The summed E-state index contributed by atoms with van der Waals surface area (Å²) in [7, 11) is 5.18. The molecule has 0 fully saturated rings. The van der Waals surface area contributed by atoms with Crippen LogP contribution in [0.1, 0.15) is 35.8 Å². The van der Waals surface area contributed by atoms with Crippen LogP contribution in [-0.2, 0) is 6.42 Å². The third kappa shape index (κ3) is 5.84. The second kappa shape index (κ2) is 10.4. The van der Waals surface area contributed by atoms with E-state index < -0.39 is 0 Å². The normalized spacial score (nSPS) is 10.4. The molecule has 0 spiro atoms. The van der Waals surface area contributed by atoms with Gasteiger partial charge in [-0.3, -0.25) is 4.79 Å². The fourth-order valence-corrected chi connectivity index (χ4v) is 2.64. The van der Waals surface area contributed by atoms with Crippen molar-refractivity contribution in [1.82, 2.24) is 15.3 Å². The van der Waals surface area contributed by atoms with Gasteiger partial charge in [-0.1, -0.05) is 19.4 Å². The predicted molar refractivity (Wildman–Crippen MR) is 106 cm³/mol. The zero-order valence-corrected chi connectivity index (χ0v) is 16.5. The first kappa shape index (κ1) is 20.5. The Bertz CT molecular complexity index is 752. The zero-order valence-electron chi connectivity index (χ0n) is 16.5. The molecular formula is C20H28N4O3. The maximum absolute atomic E-state index is 12.4. The molecule has 2 rings (SSSR count). The van der Waals surface area contributed by atoms with Gasteiger partial charge in [0.25, 0.3) is 5.91 Å². The summed E-state index contributed by atoms with van der Waals surface area (Å²) in [5.41, 5.74) is 1.42. The van der Waals surface area contributed by atoms with Crippen LogP contribution in [0.2, 0.25) is 0 Å². The van der Waals surface area contributed by atoms with E-state index in [0.717, 1.165) is 30.8 Å². The van der Waals surface area contributed by atoms with Gasteiger partial charge in [-0.25, -0.2) is 9.97 Å². The van der Waals surface area contributed by atoms with Crippen LogP contribution in [0.15, 0.2) is 30.6 Å². The minimum atomic E-state index is -0.206. The lowest BCUT2D eigenvalue weighted by Gasteiger charge is -2.17. The number of benzene rings is 1. The van der Waals surface area contributed by atoms with E-state index in [9.17, 15) is 4.79 Å². The summed E-state index contributed by atoms with van der Waals surface area (Å²) in [4.78, 5) is 22.8. The Labute approximate surface area is 160 Å². The first-order valence-electron chi connectivity index (χ1n) is 9.11. The van der Waals surface area contributed by atoms with Crippen LogP contribution in [-0.4, -0.2) is 50.2 Å². The van der Waals surface area contributed by atoms with Crippen molar-refractivity contribution in [1.29, 1.82) is 0 Å². The molecule has 0 atom stereocenters. The van der Waals surface area contributed by atoms with Gasteiger partial charge in [0, 0.05) is 26.2 Å². The molecule has 27 heavy (non-hydrogen) atoms. The van der Waals surface area contributed by atoms with Crippen molar-refractivity contribution in [3.05, 3.63) is 41.9 Å². The highest BCUT2D eigenvalue weighted by Gasteiger charge is 2.11. The molecule has 0 saturated carbocycles. The molecule has 0 aliphatic heterocycles. The first-order chi connectivity index (χ1) is 13.1. The number of ether oxygens (including phenoxy) is 2. The maximum Gasteiger partial charge on any atom is 0.270 e. The Morgan fingerprint density at radius 2 is 1.93 bits per heavy atom. The molecule has 0 aliphatic rings. The van der Waals surface area contributed by atoms with Crippen molar-refractivity contribution in [2.45, 2.75) is 26.2 Å². The fourth-order valence-electron chi connectivity index (χ4n) is 2.64. The molecule has 1 N–H and O–H groups in total. The highest BCUT2D eigenvalue weighted by molar-refractivity contribution is 5.92. The van der Waals surface area contributed by atoms with Gasteiger partial charge in [0.1, 0.15) is 17.8 Å². The molecule has 0 unspecified atom stereocenters. The Kier molecular flexibility index (Phi) is 7.85. The van der Waals surface area contributed by atoms with Crippen molar-refractivity contribution in [2.75, 3.05) is 39.3 Å². The molecule has 7 heteroatoms. The van der Waals surface area contributed by atoms with Gasteiger partial charge < -0.3 is 19.7 Å². The van der Waals surface area contributed by atoms with Crippen LogP contribution in [0, 0.1) is 0 Å². The molecule has 0 saturated heterocycles. The molecule has 0 radical (unpaired) electrons. The van der Waals surface area contributed by atoms with E-state index >= 15 is 0 Å². The summed E-state index contributed by atoms with van der Waals surface area (Å²) < 4.78 is 10.5. The number of nitrogens with zero attached hydrogens (tertiary/aromatic N) is 3. The van der Waals surface area contributed by atoms with Crippen molar-refractivity contribution >= 4 is 11.7 Å². The quantitative estimate of drug-likeness (QED) is 0.691. The Morgan fingerprint density at radius 1 is 1.15 bits per heavy atom. The first-order valence-corrected chi connectivity index (χ1v) is 9.11. The van der Waals surface area contributed by atoms with Crippen molar-refractivity contribution in [3.8, 4) is 11.5 Å². The number of carbonyl (C=O) groups excluding carboxylic acids is 1. The van der Waals surface area contributed by atoms with E-state index in [0.29, 0.717) is 30.2 Å². The Morgan fingerprint density at radius 3 is 2.63 bits per heavy atom. The van der Waals surface area contributed by atoms with Crippen LogP contribution >= 0.6 is 0 Å². The molecule has 0 bridgehead atoms. The predicted octanol–water partition coefficient (Wildman–Crippen LogP) is 2.70. The average molecular weight is 372 g/mol. The molecule has 1 aromatic carbocycles. The largest absolute Gasteiger partial charge is 0.493 e. The van der Waals surface area contributed by atoms with Gasteiger partial charge in [0.15, 0.2) is 11.5 Å². The monoisotopic (exact) mass is 372 g/mol. The molecule has 1 amide bonds. The van der Waals surface area contributed by atoms with Crippen molar-refractivity contribution in [2.24, 2.45) is 0 Å². The topological polar surface area (TPSA) is 76.6 Å². The minimum absolute atomic E-state index is 0.206. The lowest BCUT2D eigenvalue weighted by Crippen LogP contribution is -2.27.